The normalized spacial score (nSPS) is 24.2. The highest BCUT2D eigenvalue weighted by atomic mass is 32.2. The molecule has 0 aliphatic carbocycles. The molecule has 0 N–H and O–H groups in total. The first-order valence-electron chi connectivity index (χ1n) is 7.83. The number of benzene rings is 1. The van der Waals surface area contributed by atoms with Gasteiger partial charge in [0.1, 0.15) is 5.82 Å². The zero-order valence-electron chi connectivity index (χ0n) is 12.8. The average Bonchev–Trinajstić information content (AvgIpc) is 2.47. The van der Waals surface area contributed by atoms with E-state index in [9.17, 15) is 12.8 Å². The Hall–Kier alpha value is -0.980. The predicted octanol–water partition coefficient (Wildman–Crippen LogP) is 2.50. The summed E-state index contributed by atoms with van der Waals surface area (Å²) in [5.41, 5.74) is 1.84. The quantitative estimate of drug-likeness (QED) is 0.857. The van der Waals surface area contributed by atoms with Gasteiger partial charge in [0.05, 0.1) is 5.75 Å². The van der Waals surface area contributed by atoms with Gasteiger partial charge in [0, 0.05) is 25.8 Å². The number of sulfonamides is 1. The summed E-state index contributed by atoms with van der Waals surface area (Å²) in [6.45, 7) is 3.62. The van der Waals surface area contributed by atoms with Crippen LogP contribution in [0.3, 0.4) is 0 Å². The third-order valence-electron chi connectivity index (χ3n) is 4.73. The maximum absolute atomic E-state index is 13.3. The Morgan fingerprint density at radius 1 is 1.32 bits per heavy atom. The Kier molecular flexibility index (Phi) is 4.52. The highest BCUT2D eigenvalue weighted by molar-refractivity contribution is 7.89. The van der Waals surface area contributed by atoms with E-state index in [0.29, 0.717) is 26.2 Å². The van der Waals surface area contributed by atoms with Gasteiger partial charge >= 0.3 is 0 Å². The lowest BCUT2D eigenvalue weighted by Gasteiger charge is -2.35. The highest BCUT2D eigenvalue weighted by Gasteiger charge is 2.34. The van der Waals surface area contributed by atoms with Crippen LogP contribution in [0.4, 0.5) is 4.39 Å². The van der Waals surface area contributed by atoms with E-state index in [1.54, 1.807) is 10.4 Å². The van der Waals surface area contributed by atoms with Crippen molar-refractivity contribution in [1.82, 2.24) is 4.31 Å². The van der Waals surface area contributed by atoms with Crippen molar-refractivity contribution in [2.75, 3.05) is 25.5 Å². The van der Waals surface area contributed by atoms with Crippen LogP contribution < -0.4 is 0 Å². The first-order valence-corrected chi connectivity index (χ1v) is 9.44. The molecule has 0 saturated carbocycles. The fourth-order valence-electron chi connectivity index (χ4n) is 3.46. The van der Waals surface area contributed by atoms with Crippen LogP contribution in [-0.2, 0) is 21.2 Å². The number of rotatable bonds is 3. The number of halogens is 1. The minimum absolute atomic E-state index is 0.181. The summed E-state index contributed by atoms with van der Waals surface area (Å²) < 4.78 is 45.7. The van der Waals surface area contributed by atoms with Crippen LogP contribution in [0.5, 0.6) is 0 Å². The molecule has 4 nitrogen and oxygen atoms in total. The van der Waals surface area contributed by atoms with E-state index in [1.165, 1.54) is 12.1 Å². The van der Waals surface area contributed by atoms with E-state index in [0.717, 1.165) is 24.0 Å². The van der Waals surface area contributed by atoms with Gasteiger partial charge in [0.15, 0.2) is 0 Å². The molecule has 0 bridgehead atoms. The summed E-state index contributed by atoms with van der Waals surface area (Å²) in [4.78, 5) is 0. The molecule has 0 amide bonds. The topological polar surface area (TPSA) is 46.6 Å². The molecular formula is C16H22FNO3S. The zero-order chi connectivity index (χ0) is 15.7. The summed E-state index contributed by atoms with van der Waals surface area (Å²) in [7, 11) is -3.30. The Bertz CT molecular complexity index is 641. The molecule has 1 fully saturated rings. The Morgan fingerprint density at radius 3 is 2.77 bits per heavy atom. The van der Waals surface area contributed by atoms with Gasteiger partial charge in [-0.15, -0.1) is 0 Å². The lowest BCUT2D eigenvalue weighted by atomic mass is 9.95. The van der Waals surface area contributed by atoms with Crippen molar-refractivity contribution in [2.45, 2.75) is 32.2 Å². The van der Waals surface area contributed by atoms with Crippen LogP contribution >= 0.6 is 0 Å². The summed E-state index contributed by atoms with van der Waals surface area (Å²) >= 11 is 0. The van der Waals surface area contributed by atoms with Crippen molar-refractivity contribution in [3.63, 3.8) is 0 Å². The van der Waals surface area contributed by atoms with Gasteiger partial charge in [0.2, 0.25) is 10.0 Å². The molecule has 1 unspecified atom stereocenters. The molecule has 0 spiro atoms. The monoisotopic (exact) mass is 327 g/mol. The largest absolute Gasteiger partial charge is 0.381 e. The van der Waals surface area contributed by atoms with Crippen molar-refractivity contribution in [3.8, 4) is 0 Å². The van der Waals surface area contributed by atoms with Crippen molar-refractivity contribution >= 4 is 10.0 Å². The summed E-state index contributed by atoms with van der Waals surface area (Å²) in [6.07, 6.45) is 2.19. The molecule has 122 valence electrons. The van der Waals surface area contributed by atoms with Crippen LogP contribution in [0.25, 0.3) is 0 Å². The van der Waals surface area contributed by atoms with Crippen LogP contribution in [0.2, 0.25) is 0 Å². The molecule has 2 aliphatic rings. The SMILES string of the molecule is CC1c2ccc(F)cc2CCN1S(=O)(=O)CC1CCOCC1. The summed E-state index contributed by atoms with van der Waals surface area (Å²) in [6, 6.07) is 4.41. The molecule has 6 heteroatoms. The van der Waals surface area contributed by atoms with Gasteiger partial charge < -0.3 is 4.74 Å². The fourth-order valence-corrected chi connectivity index (χ4v) is 5.55. The van der Waals surface area contributed by atoms with Gasteiger partial charge in [-0.05, 0) is 55.4 Å². The van der Waals surface area contributed by atoms with Gasteiger partial charge in [0.25, 0.3) is 0 Å². The summed E-state index contributed by atoms with van der Waals surface area (Å²) in [5.74, 6) is 0.113. The molecule has 22 heavy (non-hydrogen) atoms. The molecule has 2 heterocycles. The lowest BCUT2D eigenvalue weighted by Crippen LogP contribution is -2.42. The van der Waals surface area contributed by atoms with Crippen LogP contribution in [0.1, 0.15) is 36.9 Å². The minimum Gasteiger partial charge on any atom is -0.381 e. The van der Waals surface area contributed by atoms with Gasteiger partial charge in [-0.3, -0.25) is 0 Å². The Balaban J connectivity index is 1.78. The predicted molar refractivity (Wildman–Crippen MR) is 82.6 cm³/mol. The fraction of sp³-hybridized carbons (Fsp3) is 0.625. The van der Waals surface area contributed by atoms with E-state index in [1.807, 2.05) is 6.92 Å². The molecule has 1 atom stereocenters. The van der Waals surface area contributed by atoms with E-state index >= 15 is 0 Å². The number of hydrogen-bond acceptors (Lipinski definition) is 3. The third-order valence-corrected chi connectivity index (χ3v) is 6.84. The first kappa shape index (κ1) is 15.9. The molecule has 1 aromatic rings. The van der Waals surface area contributed by atoms with Gasteiger partial charge in [-0.25, -0.2) is 12.8 Å². The number of nitrogens with zero attached hydrogens (tertiary/aromatic N) is 1. The van der Waals surface area contributed by atoms with E-state index in [4.69, 9.17) is 4.74 Å². The number of fused-ring (bicyclic) bond motifs is 1. The second-order valence-electron chi connectivity index (χ2n) is 6.21. The third kappa shape index (κ3) is 3.19. The van der Waals surface area contributed by atoms with E-state index < -0.39 is 10.0 Å². The first-order chi connectivity index (χ1) is 10.5. The Labute approximate surface area is 131 Å². The molecule has 0 aromatic heterocycles. The van der Waals surface area contributed by atoms with Crippen LogP contribution in [-0.4, -0.2) is 38.2 Å². The van der Waals surface area contributed by atoms with Crippen molar-refractivity contribution in [2.24, 2.45) is 5.92 Å². The Morgan fingerprint density at radius 2 is 2.05 bits per heavy atom. The summed E-state index contributed by atoms with van der Waals surface area (Å²) in [5, 5.41) is 0. The lowest BCUT2D eigenvalue weighted by molar-refractivity contribution is 0.0719. The van der Waals surface area contributed by atoms with E-state index in [2.05, 4.69) is 0 Å². The number of ether oxygens (including phenoxy) is 1. The molecule has 2 aliphatic heterocycles. The number of hydrogen-bond donors (Lipinski definition) is 0. The van der Waals surface area contributed by atoms with Crippen molar-refractivity contribution in [1.29, 1.82) is 0 Å². The standard InChI is InChI=1S/C16H22FNO3S/c1-12-16-3-2-15(17)10-14(16)4-7-18(12)22(19,20)11-13-5-8-21-9-6-13/h2-3,10,12-13H,4-9,11H2,1H3. The van der Waals surface area contributed by atoms with E-state index in [-0.39, 0.29) is 23.5 Å². The molecule has 1 aromatic carbocycles. The second-order valence-corrected chi connectivity index (χ2v) is 8.18. The van der Waals surface area contributed by atoms with Crippen LogP contribution in [0, 0.1) is 11.7 Å². The molecule has 3 rings (SSSR count). The highest BCUT2D eigenvalue weighted by Crippen LogP contribution is 2.33. The minimum atomic E-state index is -3.30. The average molecular weight is 327 g/mol. The van der Waals surface area contributed by atoms with Crippen LogP contribution in [0.15, 0.2) is 18.2 Å². The molecule has 0 radical (unpaired) electrons. The van der Waals surface area contributed by atoms with Crippen molar-refractivity contribution in [3.05, 3.63) is 35.1 Å². The molecule has 1 saturated heterocycles. The van der Waals surface area contributed by atoms with Gasteiger partial charge in [-0.2, -0.15) is 4.31 Å². The second kappa shape index (κ2) is 6.26. The molecular weight excluding hydrogens is 305 g/mol. The van der Waals surface area contributed by atoms with Crippen molar-refractivity contribution < 1.29 is 17.5 Å². The smallest absolute Gasteiger partial charge is 0.214 e. The van der Waals surface area contributed by atoms with Gasteiger partial charge in [-0.1, -0.05) is 6.07 Å². The zero-order valence-corrected chi connectivity index (χ0v) is 13.6. The maximum atomic E-state index is 13.3. The maximum Gasteiger partial charge on any atom is 0.214 e.